The number of amides is 2. The normalized spacial score (nSPS) is 15.8. The number of thioether (sulfide) groups is 1. The van der Waals surface area contributed by atoms with Gasteiger partial charge in [-0.2, -0.15) is 0 Å². The smallest absolute Gasteiger partial charge is 0.252 e. The van der Waals surface area contributed by atoms with Crippen LogP contribution in [0.15, 0.2) is 47.4 Å². The highest BCUT2D eigenvalue weighted by Crippen LogP contribution is 2.36. The van der Waals surface area contributed by atoms with Gasteiger partial charge in [-0.3, -0.25) is 9.59 Å². The zero-order chi connectivity index (χ0) is 18.5. The Bertz CT molecular complexity index is 831. The molecule has 0 fully saturated rings. The van der Waals surface area contributed by atoms with E-state index in [9.17, 15) is 14.0 Å². The minimum absolute atomic E-state index is 0.143. The molecule has 2 N–H and O–H groups in total. The molecule has 4 nitrogen and oxygen atoms in total. The number of hydrogen-bond acceptors (Lipinski definition) is 3. The van der Waals surface area contributed by atoms with E-state index in [1.807, 2.05) is 0 Å². The zero-order valence-electron chi connectivity index (χ0n) is 13.9. The van der Waals surface area contributed by atoms with Gasteiger partial charge in [-0.15, -0.1) is 11.8 Å². The predicted molar refractivity (Wildman–Crippen MR) is 101 cm³/mol. The molecule has 0 bridgehead atoms. The molecule has 1 aliphatic rings. The van der Waals surface area contributed by atoms with Crippen LogP contribution in [-0.4, -0.2) is 24.1 Å². The summed E-state index contributed by atoms with van der Waals surface area (Å²) in [5.74, 6) is 0.0614. The number of carbonyl (C=O) groups excluding carboxylic acids is 2. The van der Waals surface area contributed by atoms with Crippen molar-refractivity contribution in [1.29, 1.82) is 0 Å². The molecule has 26 heavy (non-hydrogen) atoms. The average Bonchev–Trinajstić information content (AvgIpc) is 2.62. The number of benzene rings is 2. The van der Waals surface area contributed by atoms with E-state index in [2.05, 4.69) is 10.6 Å². The molecule has 0 saturated carbocycles. The lowest BCUT2D eigenvalue weighted by Gasteiger charge is -2.26. The zero-order valence-corrected chi connectivity index (χ0v) is 15.5. The SMILES string of the molecule is O=C(CCNC(=O)c1ccccc1Cl)NC1CCSc2ccc(F)cc21. The van der Waals surface area contributed by atoms with E-state index in [-0.39, 0.29) is 36.6 Å². The second-order valence-corrected chi connectivity index (χ2v) is 7.47. The molecule has 3 rings (SSSR count). The number of hydrogen-bond donors (Lipinski definition) is 2. The van der Waals surface area contributed by atoms with Crippen molar-refractivity contribution in [2.75, 3.05) is 12.3 Å². The van der Waals surface area contributed by atoms with Gasteiger partial charge in [0.15, 0.2) is 0 Å². The number of nitrogens with one attached hydrogen (secondary N) is 2. The molecule has 1 unspecified atom stereocenters. The molecular weight excluding hydrogens is 375 g/mol. The molecule has 2 aromatic carbocycles. The van der Waals surface area contributed by atoms with E-state index >= 15 is 0 Å². The third-order valence-electron chi connectivity index (χ3n) is 4.10. The van der Waals surface area contributed by atoms with Crippen LogP contribution in [0, 0.1) is 5.82 Å². The molecule has 2 amide bonds. The molecule has 0 saturated heterocycles. The van der Waals surface area contributed by atoms with Crippen LogP contribution in [0.4, 0.5) is 4.39 Å². The van der Waals surface area contributed by atoms with Crippen LogP contribution in [0.5, 0.6) is 0 Å². The standard InChI is InChI=1S/C19H18ClFN2O2S/c20-15-4-2-1-3-13(15)19(25)22-9-7-18(24)23-16-8-10-26-17-6-5-12(21)11-14(16)17/h1-6,11,16H,7-10H2,(H,22,25)(H,23,24). The van der Waals surface area contributed by atoms with Gasteiger partial charge in [0.2, 0.25) is 5.91 Å². The summed E-state index contributed by atoms with van der Waals surface area (Å²) in [5, 5.41) is 5.99. The van der Waals surface area contributed by atoms with Crippen LogP contribution in [0.2, 0.25) is 5.02 Å². The van der Waals surface area contributed by atoms with Crippen molar-refractivity contribution < 1.29 is 14.0 Å². The van der Waals surface area contributed by atoms with Crippen LogP contribution in [0.1, 0.15) is 34.8 Å². The monoisotopic (exact) mass is 392 g/mol. The van der Waals surface area contributed by atoms with E-state index in [1.54, 1.807) is 42.1 Å². The first kappa shape index (κ1) is 18.7. The van der Waals surface area contributed by atoms with Gasteiger partial charge in [-0.1, -0.05) is 23.7 Å². The molecule has 1 atom stereocenters. The van der Waals surface area contributed by atoms with E-state index in [4.69, 9.17) is 11.6 Å². The molecule has 0 spiro atoms. The fraction of sp³-hybridized carbons (Fsp3) is 0.263. The van der Waals surface area contributed by atoms with Crippen molar-refractivity contribution in [3.63, 3.8) is 0 Å². The van der Waals surface area contributed by atoms with E-state index in [1.165, 1.54) is 12.1 Å². The first-order chi connectivity index (χ1) is 12.5. The minimum Gasteiger partial charge on any atom is -0.351 e. The van der Waals surface area contributed by atoms with Crippen LogP contribution in [0.25, 0.3) is 0 Å². The van der Waals surface area contributed by atoms with Gasteiger partial charge in [0.1, 0.15) is 5.82 Å². The minimum atomic E-state index is -0.315. The van der Waals surface area contributed by atoms with E-state index < -0.39 is 0 Å². The summed E-state index contributed by atoms with van der Waals surface area (Å²) in [7, 11) is 0. The highest BCUT2D eigenvalue weighted by atomic mass is 35.5. The van der Waals surface area contributed by atoms with E-state index in [0.717, 1.165) is 22.6 Å². The van der Waals surface area contributed by atoms with Crippen LogP contribution < -0.4 is 10.6 Å². The average molecular weight is 393 g/mol. The van der Waals surface area contributed by atoms with Crippen molar-refractivity contribution in [1.82, 2.24) is 10.6 Å². The highest BCUT2D eigenvalue weighted by molar-refractivity contribution is 7.99. The lowest BCUT2D eigenvalue weighted by molar-refractivity contribution is -0.121. The third-order valence-corrected chi connectivity index (χ3v) is 5.55. The van der Waals surface area contributed by atoms with Crippen molar-refractivity contribution in [2.45, 2.75) is 23.8 Å². The summed E-state index contributed by atoms with van der Waals surface area (Å²) in [5.41, 5.74) is 1.19. The second-order valence-electron chi connectivity index (χ2n) is 5.93. The molecule has 1 aliphatic heterocycles. The Morgan fingerprint density at radius 2 is 2.04 bits per heavy atom. The van der Waals surface area contributed by atoms with Gasteiger partial charge in [0.05, 0.1) is 16.6 Å². The Morgan fingerprint density at radius 1 is 1.23 bits per heavy atom. The third kappa shape index (κ3) is 4.56. The predicted octanol–water partition coefficient (Wildman–Crippen LogP) is 3.95. The van der Waals surface area contributed by atoms with Crippen molar-refractivity contribution >= 4 is 35.2 Å². The Morgan fingerprint density at radius 3 is 2.85 bits per heavy atom. The maximum absolute atomic E-state index is 13.5. The second kappa shape index (κ2) is 8.56. The van der Waals surface area contributed by atoms with Crippen molar-refractivity contribution in [2.24, 2.45) is 0 Å². The lowest BCUT2D eigenvalue weighted by atomic mass is 10.0. The van der Waals surface area contributed by atoms with Gasteiger partial charge < -0.3 is 10.6 Å². The number of carbonyl (C=O) groups is 2. The molecule has 2 aromatic rings. The fourth-order valence-electron chi connectivity index (χ4n) is 2.81. The van der Waals surface area contributed by atoms with Crippen molar-refractivity contribution in [3.8, 4) is 0 Å². The molecular formula is C19H18ClFN2O2S. The lowest BCUT2D eigenvalue weighted by Crippen LogP contribution is -2.34. The molecule has 136 valence electrons. The maximum Gasteiger partial charge on any atom is 0.252 e. The molecule has 0 aliphatic carbocycles. The summed E-state index contributed by atoms with van der Waals surface area (Å²) in [6.07, 6.45) is 0.892. The molecule has 7 heteroatoms. The molecule has 0 radical (unpaired) electrons. The van der Waals surface area contributed by atoms with Crippen LogP contribution >= 0.6 is 23.4 Å². The Balaban J connectivity index is 1.52. The quantitative estimate of drug-likeness (QED) is 0.809. The van der Waals surface area contributed by atoms with Gasteiger partial charge in [-0.05, 0) is 42.3 Å². The number of rotatable bonds is 5. The van der Waals surface area contributed by atoms with Crippen molar-refractivity contribution in [3.05, 3.63) is 64.4 Å². The number of halogens is 2. The number of fused-ring (bicyclic) bond motifs is 1. The van der Waals surface area contributed by atoms with Gasteiger partial charge in [0, 0.05) is 23.6 Å². The summed E-state index contributed by atoms with van der Waals surface area (Å²) in [6, 6.07) is 11.2. The summed E-state index contributed by atoms with van der Waals surface area (Å²) in [6.45, 7) is 0.202. The largest absolute Gasteiger partial charge is 0.351 e. The first-order valence-electron chi connectivity index (χ1n) is 8.29. The summed E-state index contributed by atoms with van der Waals surface area (Å²) < 4.78 is 13.5. The van der Waals surface area contributed by atoms with Crippen LogP contribution in [0.3, 0.4) is 0 Å². The van der Waals surface area contributed by atoms with E-state index in [0.29, 0.717) is 10.6 Å². The van der Waals surface area contributed by atoms with Gasteiger partial charge in [-0.25, -0.2) is 4.39 Å². The topological polar surface area (TPSA) is 58.2 Å². The van der Waals surface area contributed by atoms with Crippen LogP contribution in [-0.2, 0) is 4.79 Å². The first-order valence-corrected chi connectivity index (χ1v) is 9.65. The fourth-order valence-corrected chi connectivity index (χ4v) is 4.14. The molecule has 1 heterocycles. The van der Waals surface area contributed by atoms with Gasteiger partial charge in [0.25, 0.3) is 5.91 Å². The summed E-state index contributed by atoms with van der Waals surface area (Å²) >= 11 is 7.64. The maximum atomic E-state index is 13.5. The summed E-state index contributed by atoms with van der Waals surface area (Å²) in [4.78, 5) is 25.3. The Hall–Kier alpha value is -2.05. The molecule has 0 aromatic heterocycles. The van der Waals surface area contributed by atoms with Gasteiger partial charge >= 0.3 is 0 Å². The highest BCUT2D eigenvalue weighted by Gasteiger charge is 2.22. The Kier molecular flexibility index (Phi) is 6.16. The Labute approximate surface area is 160 Å².